The number of methoxy groups -OCH3 is 1. The zero-order valence-corrected chi connectivity index (χ0v) is 16.1. The van der Waals surface area contributed by atoms with Crippen LogP contribution in [0.25, 0.3) is 6.08 Å². The van der Waals surface area contributed by atoms with Gasteiger partial charge in [0.25, 0.3) is 5.91 Å². The molecule has 1 saturated heterocycles. The lowest BCUT2D eigenvalue weighted by Crippen LogP contribution is -2.27. The maximum Gasteiger partial charge on any atom is 0.416 e. The van der Waals surface area contributed by atoms with E-state index in [-0.39, 0.29) is 14.8 Å². The number of rotatable bonds is 3. The Balaban J connectivity index is 1.92. The van der Waals surface area contributed by atoms with Crippen molar-refractivity contribution < 1.29 is 22.7 Å². The highest BCUT2D eigenvalue weighted by molar-refractivity contribution is 8.27. The number of carbonyl (C=O) groups excluding carboxylic acids is 1. The second-order valence-corrected chi connectivity index (χ2v) is 7.54. The number of carbonyl (C=O) groups is 1. The van der Waals surface area contributed by atoms with Crippen molar-refractivity contribution in [2.24, 2.45) is 0 Å². The minimum absolute atomic E-state index is 0.228. The van der Waals surface area contributed by atoms with Crippen LogP contribution in [0.5, 0.6) is 5.75 Å². The van der Waals surface area contributed by atoms with Crippen molar-refractivity contribution in [3.63, 3.8) is 0 Å². The van der Waals surface area contributed by atoms with Gasteiger partial charge in [-0.3, -0.25) is 9.69 Å². The average Bonchev–Trinajstić information content (AvgIpc) is 2.88. The molecule has 3 rings (SSSR count). The first-order chi connectivity index (χ1) is 12.7. The first-order valence-electron chi connectivity index (χ1n) is 7.49. The zero-order valence-electron chi connectivity index (χ0n) is 13.7. The summed E-state index contributed by atoms with van der Waals surface area (Å²) in [6, 6.07) is 9.51. The van der Waals surface area contributed by atoms with Gasteiger partial charge in [0.2, 0.25) is 0 Å². The second kappa shape index (κ2) is 7.53. The molecular weight excluding hydrogens is 419 g/mol. The van der Waals surface area contributed by atoms with E-state index in [1.54, 1.807) is 18.2 Å². The average molecular weight is 430 g/mol. The number of thiocarbonyl (C=S) groups is 1. The predicted octanol–water partition coefficient (Wildman–Crippen LogP) is 5.77. The minimum atomic E-state index is -4.46. The normalized spacial score (nSPS) is 16.3. The number of amides is 1. The SMILES string of the molecule is COc1ccc(N2C(=O)/C(=C\c3cccc(C(F)(F)F)c3)SC2=S)cc1Cl. The molecule has 0 aromatic heterocycles. The van der Waals surface area contributed by atoms with Crippen LogP contribution in [0.3, 0.4) is 0 Å². The predicted molar refractivity (Wildman–Crippen MR) is 105 cm³/mol. The van der Waals surface area contributed by atoms with Crippen molar-refractivity contribution in [3.8, 4) is 5.75 Å². The van der Waals surface area contributed by atoms with E-state index in [2.05, 4.69) is 0 Å². The highest BCUT2D eigenvalue weighted by Gasteiger charge is 2.34. The van der Waals surface area contributed by atoms with Gasteiger partial charge in [-0.05, 0) is 42.0 Å². The number of alkyl halides is 3. The van der Waals surface area contributed by atoms with Crippen molar-refractivity contribution in [2.45, 2.75) is 6.18 Å². The Bertz CT molecular complexity index is 960. The molecule has 0 N–H and O–H groups in total. The summed E-state index contributed by atoms with van der Waals surface area (Å²) in [4.78, 5) is 14.2. The lowest BCUT2D eigenvalue weighted by Gasteiger charge is -2.15. The Kier molecular flexibility index (Phi) is 5.50. The van der Waals surface area contributed by atoms with Gasteiger partial charge in [-0.2, -0.15) is 13.2 Å². The molecule has 27 heavy (non-hydrogen) atoms. The van der Waals surface area contributed by atoms with Crippen LogP contribution in [0.2, 0.25) is 5.02 Å². The molecule has 1 amide bonds. The summed E-state index contributed by atoms with van der Waals surface area (Å²) in [6.07, 6.45) is -3.07. The Morgan fingerprint density at radius 2 is 1.96 bits per heavy atom. The summed E-state index contributed by atoms with van der Waals surface area (Å²) in [5, 5.41) is 0.311. The van der Waals surface area contributed by atoms with E-state index in [9.17, 15) is 18.0 Å². The molecule has 140 valence electrons. The van der Waals surface area contributed by atoms with Crippen molar-refractivity contribution in [1.29, 1.82) is 0 Å². The fourth-order valence-electron chi connectivity index (χ4n) is 2.44. The Morgan fingerprint density at radius 3 is 2.59 bits per heavy atom. The monoisotopic (exact) mass is 429 g/mol. The number of nitrogens with zero attached hydrogens (tertiary/aromatic N) is 1. The van der Waals surface area contributed by atoms with Crippen LogP contribution >= 0.6 is 35.6 Å². The topological polar surface area (TPSA) is 29.5 Å². The van der Waals surface area contributed by atoms with Gasteiger partial charge in [0, 0.05) is 0 Å². The van der Waals surface area contributed by atoms with Gasteiger partial charge in [0.15, 0.2) is 4.32 Å². The van der Waals surface area contributed by atoms with Crippen molar-refractivity contribution in [2.75, 3.05) is 12.0 Å². The van der Waals surface area contributed by atoms with E-state index in [0.717, 1.165) is 23.9 Å². The number of halogens is 4. The van der Waals surface area contributed by atoms with Gasteiger partial charge in [-0.15, -0.1) is 0 Å². The Labute approximate surface area is 167 Å². The fraction of sp³-hybridized carbons (Fsp3) is 0.111. The summed E-state index contributed by atoms with van der Waals surface area (Å²) in [6.45, 7) is 0. The number of hydrogen-bond donors (Lipinski definition) is 0. The summed E-state index contributed by atoms with van der Waals surface area (Å²) >= 11 is 12.4. The number of benzene rings is 2. The molecule has 0 radical (unpaired) electrons. The highest BCUT2D eigenvalue weighted by atomic mass is 35.5. The third kappa shape index (κ3) is 4.12. The van der Waals surface area contributed by atoms with Crippen LogP contribution in [-0.4, -0.2) is 17.3 Å². The van der Waals surface area contributed by atoms with E-state index in [4.69, 9.17) is 28.6 Å². The molecule has 1 fully saturated rings. The zero-order chi connectivity index (χ0) is 19.8. The van der Waals surface area contributed by atoms with Crippen LogP contribution in [0.4, 0.5) is 18.9 Å². The standard InChI is InChI=1S/C18H11ClF3NO2S2/c1-25-14-6-5-12(9-13(14)19)23-16(24)15(27-17(23)26)8-10-3-2-4-11(7-10)18(20,21)22/h2-9H,1H3/b15-8+. The first kappa shape index (κ1) is 19.7. The summed E-state index contributed by atoms with van der Waals surface area (Å²) in [7, 11) is 1.47. The van der Waals surface area contributed by atoms with Crippen LogP contribution < -0.4 is 9.64 Å². The fourth-order valence-corrected chi connectivity index (χ4v) is 3.99. The van der Waals surface area contributed by atoms with Gasteiger partial charge < -0.3 is 4.74 Å². The van der Waals surface area contributed by atoms with E-state index in [1.165, 1.54) is 30.2 Å². The summed E-state index contributed by atoms with van der Waals surface area (Å²) < 4.78 is 43.9. The molecule has 1 heterocycles. The van der Waals surface area contributed by atoms with Crippen molar-refractivity contribution in [3.05, 3.63) is 63.5 Å². The number of anilines is 1. The first-order valence-corrected chi connectivity index (χ1v) is 9.10. The number of thioether (sulfide) groups is 1. The molecule has 0 aliphatic carbocycles. The third-order valence-electron chi connectivity index (χ3n) is 3.70. The molecule has 1 aliphatic heterocycles. The van der Waals surface area contributed by atoms with E-state index in [0.29, 0.717) is 16.5 Å². The maximum absolute atomic E-state index is 12.9. The summed E-state index contributed by atoms with van der Waals surface area (Å²) in [5.41, 5.74) is -0.0671. The molecule has 2 aromatic rings. The van der Waals surface area contributed by atoms with E-state index in [1.807, 2.05) is 0 Å². The molecule has 0 atom stereocenters. The quantitative estimate of drug-likeness (QED) is 0.457. The van der Waals surface area contributed by atoms with E-state index < -0.39 is 17.6 Å². The molecule has 0 bridgehead atoms. The molecular formula is C18H11ClF3NO2S2. The van der Waals surface area contributed by atoms with Crippen molar-refractivity contribution in [1.82, 2.24) is 0 Å². The molecule has 2 aromatic carbocycles. The van der Waals surface area contributed by atoms with Crippen LogP contribution in [0.1, 0.15) is 11.1 Å². The number of hydrogen-bond acceptors (Lipinski definition) is 4. The third-order valence-corrected chi connectivity index (χ3v) is 5.30. The lowest BCUT2D eigenvalue weighted by atomic mass is 10.1. The lowest BCUT2D eigenvalue weighted by molar-refractivity contribution is -0.137. The molecule has 0 saturated carbocycles. The van der Waals surface area contributed by atoms with Gasteiger partial charge in [0.05, 0.1) is 28.3 Å². The Hall–Kier alpha value is -2.03. The van der Waals surface area contributed by atoms with Crippen LogP contribution in [0.15, 0.2) is 47.4 Å². The smallest absolute Gasteiger partial charge is 0.416 e. The maximum atomic E-state index is 12.9. The van der Waals surface area contributed by atoms with Gasteiger partial charge in [-0.25, -0.2) is 0 Å². The molecule has 0 unspecified atom stereocenters. The van der Waals surface area contributed by atoms with Crippen LogP contribution in [0, 0.1) is 0 Å². The second-order valence-electron chi connectivity index (χ2n) is 5.46. The molecule has 0 spiro atoms. The molecule has 1 aliphatic rings. The number of ether oxygens (including phenoxy) is 1. The van der Waals surface area contributed by atoms with E-state index >= 15 is 0 Å². The molecule has 3 nitrogen and oxygen atoms in total. The minimum Gasteiger partial charge on any atom is -0.495 e. The van der Waals surface area contributed by atoms with Crippen molar-refractivity contribution >= 4 is 57.6 Å². The van der Waals surface area contributed by atoms with Gasteiger partial charge >= 0.3 is 6.18 Å². The van der Waals surface area contributed by atoms with Gasteiger partial charge in [-0.1, -0.05) is 47.7 Å². The largest absolute Gasteiger partial charge is 0.495 e. The molecule has 9 heteroatoms. The highest BCUT2D eigenvalue weighted by Crippen LogP contribution is 2.39. The Morgan fingerprint density at radius 1 is 1.22 bits per heavy atom. The van der Waals surface area contributed by atoms with Gasteiger partial charge in [0.1, 0.15) is 5.75 Å². The van der Waals surface area contributed by atoms with Crippen LogP contribution in [-0.2, 0) is 11.0 Å². The summed E-state index contributed by atoms with van der Waals surface area (Å²) in [5.74, 6) is 0.0222.